The van der Waals surface area contributed by atoms with Crippen LogP contribution in [0.4, 0.5) is 0 Å². The van der Waals surface area contributed by atoms with Gasteiger partial charge in [0.1, 0.15) is 11.8 Å². The molecule has 0 aliphatic rings. The van der Waals surface area contributed by atoms with Gasteiger partial charge in [-0.1, -0.05) is 20.8 Å². The molecule has 2 heterocycles. The summed E-state index contributed by atoms with van der Waals surface area (Å²) in [4.78, 5) is 11.9. The summed E-state index contributed by atoms with van der Waals surface area (Å²) in [5, 5.41) is 7.19. The standard InChI is InChI=1S/C15H21N3O2/c1-15(2,3)10-14(19)16-11-12(13-6-4-9-20-13)18-8-5-7-17-18/h4-9,12H,10-11H2,1-3H3,(H,16,19)/t12-/m1/s1. The molecule has 0 fully saturated rings. The summed E-state index contributed by atoms with van der Waals surface area (Å²) in [6.07, 6.45) is 5.70. The summed E-state index contributed by atoms with van der Waals surface area (Å²) >= 11 is 0. The molecule has 20 heavy (non-hydrogen) atoms. The fourth-order valence-electron chi connectivity index (χ4n) is 2.03. The van der Waals surface area contributed by atoms with E-state index in [0.717, 1.165) is 5.76 Å². The summed E-state index contributed by atoms with van der Waals surface area (Å²) in [5.41, 5.74) is -0.0179. The highest BCUT2D eigenvalue weighted by molar-refractivity contribution is 5.76. The Kier molecular flexibility index (Phi) is 4.27. The molecule has 0 aromatic carbocycles. The van der Waals surface area contributed by atoms with Gasteiger partial charge in [-0.3, -0.25) is 9.48 Å². The Hall–Kier alpha value is -2.04. The molecule has 5 nitrogen and oxygen atoms in total. The van der Waals surface area contributed by atoms with Crippen LogP contribution in [0.25, 0.3) is 0 Å². The SMILES string of the molecule is CC(C)(C)CC(=O)NC[C@H](c1ccco1)n1cccn1. The van der Waals surface area contributed by atoms with Crippen molar-refractivity contribution in [2.24, 2.45) is 5.41 Å². The van der Waals surface area contributed by atoms with Gasteiger partial charge in [-0.15, -0.1) is 0 Å². The zero-order valence-corrected chi connectivity index (χ0v) is 12.2. The lowest BCUT2D eigenvalue weighted by molar-refractivity contribution is -0.122. The van der Waals surface area contributed by atoms with Crippen LogP contribution in [0.3, 0.4) is 0 Å². The van der Waals surface area contributed by atoms with Crippen LogP contribution in [-0.4, -0.2) is 22.2 Å². The molecule has 0 bridgehead atoms. The maximum atomic E-state index is 11.9. The minimum atomic E-state index is -0.121. The Balaban J connectivity index is 2.01. The number of hydrogen-bond donors (Lipinski definition) is 1. The third-order valence-electron chi connectivity index (χ3n) is 2.90. The topological polar surface area (TPSA) is 60.1 Å². The number of carbonyl (C=O) groups is 1. The molecule has 1 atom stereocenters. The molecule has 2 aromatic rings. The van der Waals surface area contributed by atoms with Crippen LogP contribution >= 0.6 is 0 Å². The molecule has 5 heteroatoms. The van der Waals surface area contributed by atoms with Crippen molar-refractivity contribution in [2.75, 3.05) is 6.54 Å². The van der Waals surface area contributed by atoms with E-state index in [2.05, 4.69) is 10.4 Å². The van der Waals surface area contributed by atoms with Crippen molar-refractivity contribution in [3.63, 3.8) is 0 Å². The first kappa shape index (κ1) is 14.4. The molecule has 0 spiro atoms. The van der Waals surface area contributed by atoms with E-state index < -0.39 is 0 Å². The molecule has 108 valence electrons. The third kappa shape index (κ3) is 3.98. The number of aromatic nitrogens is 2. The maximum Gasteiger partial charge on any atom is 0.220 e. The Morgan fingerprint density at radius 2 is 2.25 bits per heavy atom. The predicted octanol–water partition coefficient (Wildman–Crippen LogP) is 2.62. The highest BCUT2D eigenvalue weighted by Gasteiger charge is 2.20. The van der Waals surface area contributed by atoms with E-state index in [1.54, 1.807) is 17.1 Å². The highest BCUT2D eigenvalue weighted by Crippen LogP contribution is 2.19. The molecular formula is C15H21N3O2. The van der Waals surface area contributed by atoms with E-state index in [0.29, 0.717) is 13.0 Å². The highest BCUT2D eigenvalue weighted by atomic mass is 16.3. The van der Waals surface area contributed by atoms with Gasteiger partial charge in [0, 0.05) is 25.4 Å². The third-order valence-corrected chi connectivity index (χ3v) is 2.90. The van der Waals surface area contributed by atoms with E-state index >= 15 is 0 Å². The fraction of sp³-hybridized carbons (Fsp3) is 0.467. The average molecular weight is 275 g/mol. The molecule has 0 radical (unpaired) electrons. The molecule has 2 rings (SSSR count). The quantitative estimate of drug-likeness (QED) is 0.912. The van der Waals surface area contributed by atoms with Gasteiger partial charge in [-0.25, -0.2) is 0 Å². The number of nitrogens with zero attached hydrogens (tertiary/aromatic N) is 2. The lowest BCUT2D eigenvalue weighted by Crippen LogP contribution is -2.33. The van der Waals surface area contributed by atoms with Crippen molar-refractivity contribution in [3.8, 4) is 0 Å². The van der Waals surface area contributed by atoms with Crippen molar-refractivity contribution < 1.29 is 9.21 Å². The lowest BCUT2D eigenvalue weighted by Gasteiger charge is -2.20. The Morgan fingerprint density at radius 3 is 2.80 bits per heavy atom. The lowest BCUT2D eigenvalue weighted by atomic mass is 9.92. The van der Waals surface area contributed by atoms with Crippen molar-refractivity contribution in [1.29, 1.82) is 0 Å². The second kappa shape index (κ2) is 5.94. The van der Waals surface area contributed by atoms with Gasteiger partial charge >= 0.3 is 0 Å². The maximum absolute atomic E-state index is 11.9. The van der Waals surface area contributed by atoms with Crippen molar-refractivity contribution in [2.45, 2.75) is 33.2 Å². The van der Waals surface area contributed by atoms with Crippen LogP contribution in [0, 0.1) is 5.41 Å². The molecule has 0 saturated carbocycles. The first-order chi connectivity index (χ1) is 9.46. The van der Waals surface area contributed by atoms with Crippen LogP contribution in [-0.2, 0) is 4.79 Å². The van der Waals surface area contributed by atoms with Crippen LogP contribution < -0.4 is 5.32 Å². The van der Waals surface area contributed by atoms with Crippen molar-refractivity contribution >= 4 is 5.91 Å². The number of carbonyl (C=O) groups excluding carboxylic acids is 1. The first-order valence-electron chi connectivity index (χ1n) is 6.75. The summed E-state index contributed by atoms with van der Waals surface area (Å²) in [6.45, 7) is 6.60. The van der Waals surface area contributed by atoms with E-state index in [4.69, 9.17) is 4.42 Å². The minimum absolute atomic E-state index is 0.0179. The number of hydrogen-bond acceptors (Lipinski definition) is 3. The summed E-state index contributed by atoms with van der Waals surface area (Å²) in [6, 6.07) is 5.46. The monoisotopic (exact) mass is 275 g/mol. The fourth-order valence-corrected chi connectivity index (χ4v) is 2.03. The average Bonchev–Trinajstić information content (AvgIpc) is 2.98. The van der Waals surface area contributed by atoms with E-state index in [1.165, 1.54) is 0 Å². The van der Waals surface area contributed by atoms with Crippen molar-refractivity contribution in [3.05, 3.63) is 42.6 Å². The number of amides is 1. The van der Waals surface area contributed by atoms with Gasteiger partial charge in [0.05, 0.1) is 6.26 Å². The second-order valence-electron chi connectivity index (χ2n) is 6.06. The van der Waals surface area contributed by atoms with E-state index in [1.807, 2.05) is 45.2 Å². The van der Waals surface area contributed by atoms with E-state index in [9.17, 15) is 4.79 Å². The van der Waals surface area contributed by atoms with E-state index in [-0.39, 0.29) is 17.4 Å². The Bertz CT molecular complexity index is 490. The minimum Gasteiger partial charge on any atom is -0.467 e. The zero-order chi connectivity index (χ0) is 14.6. The van der Waals surface area contributed by atoms with Gasteiger partial charge in [0.15, 0.2) is 0 Å². The van der Waals surface area contributed by atoms with Crippen LogP contribution in [0.1, 0.15) is 39.0 Å². The number of nitrogens with one attached hydrogen (secondary N) is 1. The normalized spacial score (nSPS) is 13.2. The Labute approximate surface area is 119 Å². The Morgan fingerprint density at radius 1 is 1.45 bits per heavy atom. The second-order valence-corrected chi connectivity index (χ2v) is 6.06. The number of rotatable bonds is 5. The van der Waals surface area contributed by atoms with Crippen LogP contribution in [0.2, 0.25) is 0 Å². The molecule has 0 aliphatic heterocycles. The van der Waals surface area contributed by atoms with Crippen LogP contribution in [0.5, 0.6) is 0 Å². The first-order valence-corrected chi connectivity index (χ1v) is 6.75. The van der Waals surface area contributed by atoms with Crippen LogP contribution in [0.15, 0.2) is 41.3 Å². The summed E-state index contributed by atoms with van der Waals surface area (Å²) in [5.74, 6) is 0.825. The van der Waals surface area contributed by atoms with Gasteiger partial charge in [-0.2, -0.15) is 5.10 Å². The largest absolute Gasteiger partial charge is 0.467 e. The molecule has 0 aliphatic carbocycles. The van der Waals surface area contributed by atoms with Gasteiger partial charge < -0.3 is 9.73 Å². The molecule has 1 amide bonds. The smallest absolute Gasteiger partial charge is 0.220 e. The van der Waals surface area contributed by atoms with Gasteiger partial charge in [0.2, 0.25) is 5.91 Å². The van der Waals surface area contributed by atoms with Gasteiger partial charge in [-0.05, 0) is 23.6 Å². The predicted molar refractivity (Wildman–Crippen MR) is 76.2 cm³/mol. The molecule has 2 aromatic heterocycles. The molecule has 0 unspecified atom stereocenters. The zero-order valence-electron chi connectivity index (χ0n) is 12.2. The van der Waals surface area contributed by atoms with Gasteiger partial charge in [0.25, 0.3) is 0 Å². The molecule has 1 N–H and O–H groups in total. The molecular weight excluding hydrogens is 254 g/mol. The summed E-state index contributed by atoms with van der Waals surface area (Å²) < 4.78 is 7.23. The molecule has 0 saturated heterocycles. The number of furan rings is 1. The summed E-state index contributed by atoms with van der Waals surface area (Å²) in [7, 11) is 0. The van der Waals surface area contributed by atoms with Crippen molar-refractivity contribution in [1.82, 2.24) is 15.1 Å².